The van der Waals surface area contributed by atoms with Crippen molar-refractivity contribution in [3.63, 3.8) is 0 Å². The summed E-state index contributed by atoms with van der Waals surface area (Å²) in [6, 6.07) is 5.33. The molecule has 2 aliphatic rings. The van der Waals surface area contributed by atoms with Gasteiger partial charge in [0.1, 0.15) is 5.92 Å². The first kappa shape index (κ1) is 14.2. The van der Waals surface area contributed by atoms with E-state index in [9.17, 15) is 24.8 Å². The van der Waals surface area contributed by atoms with Gasteiger partial charge in [0.15, 0.2) is 0 Å². The van der Waals surface area contributed by atoms with Gasteiger partial charge >= 0.3 is 5.97 Å². The molecular formula is C14H12N2O6. The van der Waals surface area contributed by atoms with Crippen molar-refractivity contribution in [1.82, 2.24) is 0 Å². The summed E-state index contributed by atoms with van der Waals surface area (Å²) in [7, 11) is 0. The normalized spacial score (nSPS) is 28.5. The molecule has 4 atom stereocenters. The maximum atomic E-state index is 12.3. The van der Waals surface area contributed by atoms with E-state index >= 15 is 0 Å². The number of nitro groups is 1. The zero-order valence-corrected chi connectivity index (χ0v) is 11.2. The first-order valence-electron chi connectivity index (χ1n) is 6.59. The van der Waals surface area contributed by atoms with Gasteiger partial charge in [-0.15, -0.1) is 0 Å². The molecule has 2 aliphatic heterocycles. The third kappa shape index (κ3) is 2.33. The molecule has 0 unspecified atom stereocenters. The second-order valence-electron chi connectivity index (χ2n) is 5.13. The lowest BCUT2D eigenvalue weighted by Crippen LogP contribution is -2.39. The number of amides is 1. The number of benzene rings is 1. The first-order chi connectivity index (χ1) is 10.5. The van der Waals surface area contributed by atoms with Gasteiger partial charge in [-0.25, -0.2) is 0 Å². The number of carbonyl (C=O) groups excluding carboxylic acids is 1. The summed E-state index contributed by atoms with van der Waals surface area (Å²) in [4.78, 5) is 33.7. The Morgan fingerprint density at radius 3 is 2.27 bits per heavy atom. The van der Waals surface area contributed by atoms with Crippen LogP contribution in [0, 0.1) is 22.0 Å². The van der Waals surface area contributed by atoms with E-state index in [4.69, 9.17) is 4.74 Å². The molecule has 1 saturated heterocycles. The number of carbonyl (C=O) groups is 2. The zero-order chi connectivity index (χ0) is 15.9. The van der Waals surface area contributed by atoms with E-state index in [2.05, 4.69) is 5.32 Å². The van der Waals surface area contributed by atoms with E-state index in [-0.39, 0.29) is 5.69 Å². The molecule has 22 heavy (non-hydrogen) atoms. The molecule has 1 fully saturated rings. The number of hydrogen-bond donors (Lipinski definition) is 2. The number of anilines is 1. The topological polar surface area (TPSA) is 119 Å². The summed E-state index contributed by atoms with van der Waals surface area (Å²) in [6.07, 6.45) is 2.20. The largest absolute Gasteiger partial charge is 0.481 e. The Balaban J connectivity index is 1.75. The van der Waals surface area contributed by atoms with Crippen LogP contribution >= 0.6 is 0 Å². The van der Waals surface area contributed by atoms with Crippen molar-refractivity contribution in [3.05, 3.63) is 46.5 Å². The maximum absolute atomic E-state index is 12.3. The van der Waals surface area contributed by atoms with Crippen LogP contribution < -0.4 is 5.32 Å². The molecule has 0 radical (unpaired) electrons. The molecule has 0 aromatic heterocycles. The summed E-state index contributed by atoms with van der Waals surface area (Å²) in [5, 5.41) is 22.4. The summed E-state index contributed by atoms with van der Waals surface area (Å²) < 4.78 is 5.43. The van der Waals surface area contributed by atoms with Crippen molar-refractivity contribution in [2.45, 2.75) is 12.2 Å². The van der Waals surface area contributed by atoms with Gasteiger partial charge in [-0.05, 0) is 12.1 Å². The van der Waals surface area contributed by atoms with E-state index in [1.54, 1.807) is 12.2 Å². The van der Waals surface area contributed by atoms with Crippen LogP contribution in [0.4, 0.5) is 11.4 Å². The summed E-state index contributed by atoms with van der Waals surface area (Å²) in [6.45, 7) is 0. The van der Waals surface area contributed by atoms with Crippen LogP contribution in [0.2, 0.25) is 0 Å². The minimum absolute atomic E-state index is 0.0902. The second kappa shape index (κ2) is 5.23. The lowest BCUT2D eigenvalue weighted by atomic mass is 9.82. The van der Waals surface area contributed by atoms with Crippen LogP contribution in [0.5, 0.6) is 0 Å². The number of ether oxygens (including phenoxy) is 1. The Kier molecular flexibility index (Phi) is 3.38. The molecule has 8 nitrogen and oxygen atoms in total. The number of hydrogen-bond acceptors (Lipinski definition) is 5. The summed E-state index contributed by atoms with van der Waals surface area (Å²) >= 11 is 0. The molecule has 2 heterocycles. The standard InChI is InChI=1S/C14H12N2O6/c17-13(15-7-1-3-8(4-2-7)16(20)21)11-9-5-6-10(22-9)12(11)14(18)19/h1-6,9-12H,(H,15,17)(H,18,19)/t9-,10-,11-,12+/m1/s1. The van der Waals surface area contributed by atoms with E-state index in [0.29, 0.717) is 5.69 Å². The maximum Gasteiger partial charge on any atom is 0.310 e. The van der Waals surface area contributed by atoms with Crippen LogP contribution in [0.25, 0.3) is 0 Å². The number of nitrogens with one attached hydrogen (secondary N) is 1. The number of nitrogens with zero attached hydrogens (tertiary/aromatic N) is 1. The van der Waals surface area contributed by atoms with Crippen LogP contribution in [0.3, 0.4) is 0 Å². The second-order valence-corrected chi connectivity index (χ2v) is 5.13. The average Bonchev–Trinajstić information content (AvgIpc) is 3.08. The molecular weight excluding hydrogens is 292 g/mol. The lowest BCUT2D eigenvalue weighted by molar-refractivity contribution is -0.384. The van der Waals surface area contributed by atoms with Crippen LogP contribution in [-0.2, 0) is 14.3 Å². The molecule has 2 N–H and O–H groups in total. The Labute approximate surface area is 124 Å². The Hall–Kier alpha value is -2.74. The van der Waals surface area contributed by atoms with Crippen LogP contribution in [0.15, 0.2) is 36.4 Å². The fraction of sp³-hybridized carbons (Fsp3) is 0.286. The zero-order valence-electron chi connectivity index (χ0n) is 11.2. The molecule has 1 amide bonds. The van der Waals surface area contributed by atoms with Gasteiger partial charge in [-0.2, -0.15) is 0 Å². The highest BCUT2D eigenvalue weighted by Crippen LogP contribution is 2.39. The number of fused-ring (bicyclic) bond motifs is 2. The Morgan fingerprint density at radius 1 is 1.14 bits per heavy atom. The molecule has 0 aliphatic carbocycles. The molecule has 2 bridgehead atoms. The number of carboxylic acids is 1. The predicted octanol–water partition coefficient (Wildman–Crippen LogP) is 1.19. The third-order valence-electron chi connectivity index (χ3n) is 3.83. The molecule has 0 saturated carbocycles. The highest BCUT2D eigenvalue weighted by molar-refractivity contribution is 5.96. The number of nitro benzene ring substituents is 1. The van der Waals surface area contributed by atoms with Gasteiger partial charge in [0.2, 0.25) is 5.91 Å². The SMILES string of the molecule is O=C(O)[C@@H]1[C@H](C(=O)Nc2ccc([N+](=O)[O-])cc2)[C@H]2C=C[C@H]1O2. The molecule has 0 spiro atoms. The van der Waals surface area contributed by atoms with Gasteiger partial charge in [-0.1, -0.05) is 12.2 Å². The fourth-order valence-electron chi connectivity index (χ4n) is 2.81. The minimum atomic E-state index is -1.08. The fourth-order valence-corrected chi connectivity index (χ4v) is 2.81. The van der Waals surface area contributed by atoms with Crippen LogP contribution in [0.1, 0.15) is 0 Å². The van der Waals surface area contributed by atoms with Gasteiger partial charge in [0.05, 0.1) is 23.0 Å². The molecule has 3 rings (SSSR count). The summed E-state index contributed by atoms with van der Waals surface area (Å²) in [5.41, 5.74) is 0.277. The number of rotatable bonds is 4. The molecule has 8 heteroatoms. The highest BCUT2D eigenvalue weighted by atomic mass is 16.6. The van der Waals surface area contributed by atoms with Crippen molar-refractivity contribution in [1.29, 1.82) is 0 Å². The van der Waals surface area contributed by atoms with Gasteiger partial charge in [-0.3, -0.25) is 19.7 Å². The summed E-state index contributed by atoms with van der Waals surface area (Å²) in [5.74, 6) is -3.30. The number of aliphatic carboxylic acids is 1. The minimum Gasteiger partial charge on any atom is -0.481 e. The average molecular weight is 304 g/mol. The Morgan fingerprint density at radius 2 is 1.73 bits per heavy atom. The van der Waals surface area contributed by atoms with Crippen LogP contribution in [-0.4, -0.2) is 34.1 Å². The first-order valence-corrected chi connectivity index (χ1v) is 6.59. The van der Waals surface area contributed by atoms with Crippen molar-refractivity contribution >= 4 is 23.3 Å². The molecule has 114 valence electrons. The van der Waals surface area contributed by atoms with Crippen molar-refractivity contribution in [2.75, 3.05) is 5.32 Å². The van der Waals surface area contributed by atoms with Gasteiger partial charge in [0, 0.05) is 17.8 Å². The van der Waals surface area contributed by atoms with E-state index in [0.717, 1.165) is 0 Å². The van der Waals surface area contributed by atoms with E-state index in [1.807, 2.05) is 0 Å². The number of carboxylic acid groups (broad SMARTS) is 1. The quantitative estimate of drug-likeness (QED) is 0.490. The third-order valence-corrected chi connectivity index (χ3v) is 3.83. The highest BCUT2D eigenvalue weighted by Gasteiger charge is 2.53. The van der Waals surface area contributed by atoms with Gasteiger partial charge in [0.25, 0.3) is 5.69 Å². The van der Waals surface area contributed by atoms with E-state index < -0.39 is 40.8 Å². The van der Waals surface area contributed by atoms with Gasteiger partial charge < -0.3 is 15.2 Å². The smallest absolute Gasteiger partial charge is 0.310 e. The van der Waals surface area contributed by atoms with E-state index in [1.165, 1.54) is 24.3 Å². The predicted molar refractivity (Wildman–Crippen MR) is 74.1 cm³/mol. The van der Waals surface area contributed by atoms with Crippen molar-refractivity contribution in [3.8, 4) is 0 Å². The van der Waals surface area contributed by atoms with Crippen molar-refractivity contribution in [2.24, 2.45) is 11.8 Å². The lowest BCUT2D eigenvalue weighted by Gasteiger charge is -2.20. The Bertz CT molecular complexity index is 668. The number of non-ortho nitro benzene ring substituents is 1. The monoisotopic (exact) mass is 304 g/mol. The molecule has 1 aromatic rings. The van der Waals surface area contributed by atoms with Crippen molar-refractivity contribution < 1.29 is 24.4 Å². The molecule has 1 aromatic carbocycles.